The second-order valence-corrected chi connectivity index (χ2v) is 6.50. The minimum atomic E-state index is 0.447. The van der Waals surface area contributed by atoms with Gasteiger partial charge < -0.3 is 24.8 Å². The first kappa shape index (κ1) is 19.6. The number of benzene rings is 1. The van der Waals surface area contributed by atoms with Crippen LogP contribution in [0.15, 0.2) is 12.1 Å². The first-order valence-corrected chi connectivity index (χ1v) is 9.07. The minimum Gasteiger partial charge on any atom is -0.493 e. The van der Waals surface area contributed by atoms with E-state index in [0.29, 0.717) is 23.3 Å². The number of hydrogen-bond donors (Lipinski definition) is 2. The van der Waals surface area contributed by atoms with Gasteiger partial charge in [-0.2, -0.15) is 0 Å². The van der Waals surface area contributed by atoms with Crippen molar-refractivity contribution in [1.82, 2.24) is 15.5 Å². The quantitative estimate of drug-likeness (QED) is 0.716. The molecular formula is C18H29N3O3S. The van der Waals surface area contributed by atoms with Crippen LogP contribution in [0.4, 0.5) is 0 Å². The van der Waals surface area contributed by atoms with E-state index in [2.05, 4.69) is 15.5 Å². The maximum atomic E-state index is 5.44. The van der Waals surface area contributed by atoms with E-state index >= 15 is 0 Å². The number of piperidine rings is 1. The van der Waals surface area contributed by atoms with Crippen LogP contribution < -0.4 is 24.8 Å². The van der Waals surface area contributed by atoms with Crippen LogP contribution in [0.3, 0.4) is 0 Å². The molecule has 0 aromatic heterocycles. The number of methoxy groups -OCH3 is 3. The van der Waals surface area contributed by atoms with E-state index in [0.717, 1.165) is 49.7 Å². The molecule has 1 aliphatic rings. The molecule has 7 heteroatoms. The van der Waals surface area contributed by atoms with Crippen molar-refractivity contribution in [3.8, 4) is 17.2 Å². The smallest absolute Gasteiger partial charge is 0.203 e. The molecule has 1 aromatic carbocycles. The van der Waals surface area contributed by atoms with Gasteiger partial charge in [0.15, 0.2) is 16.6 Å². The first-order valence-electron chi connectivity index (χ1n) is 8.66. The second kappa shape index (κ2) is 9.68. The molecule has 0 atom stereocenters. The predicted octanol–water partition coefficient (Wildman–Crippen LogP) is 2.16. The van der Waals surface area contributed by atoms with Gasteiger partial charge >= 0.3 is 0 Å². The van der Waals surface area contributed by atoms with Gasteiger partial charge in [0.2, 0.25) is 5.75 Å². The van der Waals surface area contributed by atoms with Crippen LogP contribution in [0.2, 0.25) is 0 Å². The lowest BCUT2D eigenvalue weighted by Gasteiger charge is -2.33. The van der Waals surface area contributed by atoms with E-state index < -0.39 is 0 Å². The van der Waals surface area contributed by atoms with E-state index in [1.54, 1.807) is 21.3 Å². The maximum absolute atomic E-state index is 5.44. The van der Waals surface area contributed by atoms with Gasteiger partial charge in [-0.25, -0.2) is 0 Å². The molecule has 1 aromatic rings. The Balaban J connectivity index is 1.94. The van der Waals surface area contributed by atoms with E-state index in [1.807, 2.05) is 19.1 Å². The van der Waals surface area contributed by atoms with Crippen molar-refractivity contribution in [2.45, 2.75) is 32.4 Å². The molecule has 0 spiro atoms. The van der Waals surface area contributed by atoms with Gasteiger partial charge in [0, 0.05) is 32.2 Å². The Kier molecular flexibility index (Phi) is 7.58. The average molecular weight is 368 g/mol. The largest absolute Gasteiger partial charge is 0.493 e. The number of nitrogens with one attached hydrogen (secondary N) is 2. The number of ether oxygens (including phenoxy) is 3. The van der Waals surface area contributed by atoms with Crippen molar-refractivity contribution in [1.29, 1.82) is 0 Å². The molecule has 0 radical (unpaired) electrons. The van der Waals surface area contributed by atoms with Crippen molar-refractivity contribution in [3.05, 3.63) is 17.7 Å². The van der Waals surface area contributed by atoms with Gasteiger partial charge in [-0.3, -0.25) is 4.90 Å². The van der Waals surface area contributed by atoms with E-state index in [1.165, 1.54) is 0 Å². The molecule has 0 bridgehead atoms. The van der Waals surface area contributed by atoms with Crippen molar-refractivity contribution < 1.29 is 14.2 Å². The fourth-order valence-corrected chi connectivity index (χ4v) is 3.43. The highest BCUT2D eigenvalue weighted by molar-refractivity contribution is 7.80. The number of thiocarbonyl (C=S) groups is 1. The average Bonchev–Trinajstić information content (AvgIpc) is 2.62. The molecule has 0 unspecified atom stereocenters. The Morgan fingerprint density at radius 1 is 1.12 bits per heavy atom. The number of rotatable bonds is 7. The molecular weight excluding hydrogens is 338 g/mol. The fourth-order valence-electron chi connectivity index (χ4n) is 3.12. The summed E-state index contributed by atoms with van der Waals surface area (Å²) in [5, 5.41) is 7.30. The molecule has 0 saturated carbocycles. The van der Waals surface area contributed by atoms with Crippen LogP contribution in [0.5, 0.6) is 17.2 Å². The maximum Gasteiger partial charge on any atom is 0.203 e. The number of hydrogen-bond acceptors (Lipinski definition) is 5. The molecule has 0 amide bonds. The molecule has 25 heavy (non-hydrogen) atoms. The fraction of sp³-hybridized carbons (Fsp3) is 0.611. The highest BCUT2D eigenvalue weighted by atomic mass is 32.1. The van der Waals surface area contributed by atoms with Gasteiger partial charge in [0.25, 0.3) is 0 Å². The summed E-state index contributed by atoms with van der Waals surface area (Å²) in [6.07, 6.45) is 2.16. The summed E-state index contributed by atoms with van der Waals surface area (Å²) >= 11 is 5.27. The predicted molar refractivity (Wildman–Crippen MR) is 104 cm³/mol. The molecule has 1 fully saturated rings. The summed E-state index contributed by atoms with van der Waals surface area (Å²) < 4.78 is 16.3. The first-order chi connectivity index (χ1) is 12.1. The lowest BCUT2D eigenvalue weighted by molar-refractivity contribution is 0.198. The number of likely N-dealkylation sites (tertiary alicyclic amines) is 1. The van der Waals surface area contributed by atoms with Crippen LogP contribution in [-0.2, 0) is 6.54 Å². The Morgan fingerprint density at radius 3 is 2.20 bits per heavy atom. The van der Waals surface area contributed by atoms with Crippen molar-refractivity contribution in [2.24, 2.45) is 0 Å². The van der Waals surface area contributed by atoms with Crippen LogP contribution in [0.25, 0.3) is 0 Å². The zero-order chi connectivity index (χ0) is 18.2. The third-order valence-corrected chi connectivity index (χ3v) is 4.65. The normalized spacial score (nSPS) is 15.5. The third kappa shape index (κ3) is 5.37. The van der Waals surface area contributed by atoms with Crippen LogP contribution in [0, 0.1) is 0 Å². The van der Waals surface area contributed by atoms with Crippen molar-refractivity contribution in [3.63, 3.8) is 0 Å². The molecule has 2 rings (SSSR count). The summed E-state index contributed by atoms with van der Waals surface area (Å²) in [6.45, 7) is 5.83. The van der Waals surface area contributed by atoms with Crippen LogP contribution in [-0.4, -0.2) is 57.0 Å². The minimum absolute atomic E-state index is 0.447. The summed E-state index contributed by atoms with van der Waals surface area (Å²) in [4.78, 5) is 2.44. The van der Waals surface area contributed by atoms with Crippen LogP contribution >= 0.6 is 12.2 Å². The lowest BCUT2D eigenvalue weighted by atomic mass is 10.0. The molecule has 1 saturated heterocycles. The summed E-state index contributed by atoms with van der Waals surface area (Å²) in [5.41, 5.74) is 1.16. The zero-order valence-corrected chi connectivity index (χ0v) is 16.4. The van der Waals surface area contributed by atoms with Crippen LogP contribution in [0.1, 0.15) is 25.3 Å². The Labute approximate surface area is 155 Å². The van der Waals surface area contributed by atoms with Crippen molar-refractivity contribution >= 4 is 17.3 Å². The monoisotopic (exact) mass is 367 g/mol. The second-order valence-electron chi connectivity index (χ2n) is 6.09. The highest BCUT2D eigenvalue weighted by Gasteiger charge is 2.21. The van der Waals surface area contributed by atoms with Gasteiger partial charge in [-0.1, -0.05) is 0 Å². The summed E-state index contributed by atoms with van der Waals surface area (Å²) in [7, 11) is 4.91. The van der Waals surface area contributed by atoms with Gasteiger partial charge in [0.1, 0.15) is 0 Å². The summed E-state index contributed by atoms with van der Waals surface area (Å²) in [6, 6.07) is 4.49. The molecule has 6 nitrogen and oxygen atoms in total. The summed E-state index contributed by atoms with van der Waals surface area (Å²) in [5.74, 6) is 2.03. The Morgan fingerprint density at radius 2 is 1.72 bits per heavy atom. The van der Waals surface area contributed by atoms with Gasteiger partial charge in [-0.05, 0) is 49.7 Å². The Hall–Kier alpha value is -1.73. The van der Waals surface area contributed by atoms with E-state index in [-0.39, 0.29) is 0 Å². The Bertz CT molecular complexity index is 550. The molecule has 0 aliphatic carbocycles. The highest BCUT2D eigenvalue weighted by Crippen LogP contribution is 2.38. The van der Waals surface area contributed by atoms with Crippen molar-refractivity contribution in [2.75, 3.05) is 41.0 Å². The zero-order valence-electron chi connectivity index (χ0n) is 15.6. The molecule has 140 valence electrons. The standard InChI is InChI=1S/C18H29N3O3S/c1-5-19-18(25)20-14-6-8-21(9-7-14)12-13-10-15(22-2)17(24-4)16(11-13)23-3/h10-11,14H,5-9,12H2,1-4H3,(H2,19,20,25). The van der Waals surface area contributed by atoms with Gasteiger partial charge in [-0.15, -0.1) is 0 Å². The SMILES string of the molecule is CCNC(=S)NC1CCN(Cc2cc(OC)c(OC)c(OC)c2)CC1. The number of nitrogens with zero attached hydrogens (tertiary/aromatic N) is 1. The van der Waals surface area contributed by atoms with E-state index in [4.69, 9.17) is 26.4 Å². The van der Waals surface area contributed by atoms with Gasteiger partial charge in [0.05, 0.1) is 21.3 Å². The topological polar surface area (TPSA) is 55.0 Å². The lowest BCUT2D eigenvalue weighted by Crippen LogP contribution is -2.47. The molecule has 1 aliphatic heterocycles. The third-order valence-electron chi connectivity index (χ3n) is 4.39. The molecule has 2 N–H and O–H groups in total. The van der Waals surface area contributed by atoms with E-state index in [9.17, 15) is 0 Å². The molecule has 1 heterocycles.